The van der Waals surface area contributed by atoms with Crippen LogP contribution >= 0.6 is 34.5 Å². The number of nitrogens with zero attached hydrogens (tertiary/aromatic N) is 2. The summed E-state index contributed by atoms with van der Waals surface area (Å²) in [6, 6.07) is 17.4. The van der Waals surface area contributed by atoms with Gasteiger partial charge in [0.1, 0.15) is 15.4 Å². The number of alkyl halides is 1. The van der Waals surface area contributed by atoms with Crippen LogP contribution in [-0.2, 0) is 0 Å². The molecule has 0 saturated heterocycles. The summed E-state index contributed by atoms with van der Waals surface area (Å²) in [5, 5.41) is 10.4. The van der Waals surface area contributed by atoms with Gasteiger partial charge in [0.05, 0.1) is 0 Å². The molecule has 0 aliphatic rings. The van der Waals surface area contributed by atoms with Crippen molar-refractivity contribution in [1.82, 2.24) is 10.2 Å². The Labute approximate surface area is 131 Å². The van der Waals surface area contributed by atoms with E-state index in [9.17, 15) is 0 Å². The van der Waals surface area contributed by atoms with E-state index in [2.05, 4.69) is 10.2 Å². The van der Waals surface area contributed by atoms with Crippen LogP contribution in [0.25, 0.3) is 10.6 Å². The number of hydrogen-bond donors (Lipinski definition) is 0. The molecule has 3 rings (SSSR count). The van der Waals surface area contributed by atoms with Gasteiger partial charge in [-0.1, -0.05) is 65.4 Å². The Morgan fingerprint density at radius 1 is 0.950 bits per heavy atom. The molecule has 100 valence electrons. The van der Waals surface area contributed by atoms with E-state index < -0.39 is 0 Å². The van der Waals surface area contributed by atoms with E-state index in [1.54, 1.807) is 0 Å². The lowest BCUT2D eigenvalue weighted by Gasteiger charge is -2.04. The van der Waals surface area contributed by atoms with E-state index in [-0.39, 0.29) is 5.38 Å². The van der Waals surface area contributed by atoms with Gasteiger partial charge in [-0.05, 0) is 17.7 Å². The summed E-state index contributed by atoms with van der Waals surface area (Å²) in [5.74, 6) is 0. The van der Waals surface area contributed by atoms with Crippen LogP contribution in [0, 0.1) is 0 Å². The quantitative estimate of drug-likeness (QED) is 0.621. The second kappa shape index (κ2) is 5.92. The maximum Gasteiger partial charge on any atom is 0.147 e. The van der Waals surface area contributed by atoms with Gasteiger partial charge in [-0.25, -0.2) is 0 Å². The molecule has 0 bridgehead atoms. The Kier molecular flexibility index (Phi) is 4.01. The van der Waals surface area contributed by atoms with Crippen molar-refractivity contribution in [3.63, 3.8) is 0 Å². The van der Waals surface area contributed by atoms with Crippen LogP contribution in [0.4, 0.5) is 0 Å². The van der Waals surface area contributed by atoms with Gasteiger partial charge < -0.3 is 0 Å². The molecule has 0 saturated carbocycles. The summed E-state index contributed by atoms with van der Waals surface area (Å²) in [7, 11) is 0. The number of rotatable bonds is 3. The molecular weight excluding hydrogens is 311 g/mol. The Balaban J connectivity index is 1.91. The average molecular weight is 321 g/mol. The van der Waals surface area contributed by atoms with E-state index in [0.29, 0.717) is 5.02 Å². The molecule has 0 amide bonds. The molecule has 0 N–H and O–H groups in total. The molecule has 1 atom stereocenters. The van der Waals surface area contributed by atoms with Crippen molar-refractivity contribution < 1.29 is 0 Å². The molecule has 20 heavy (non-hydrogen) atoms. The van der Waals surface area contributed by atoms with Crippen LogP contribution in [0.15, 0.2) is 54.6 Å². The third-order valence-electron chi connectivity index (χ3n) is 2.82. The predicted octanol–water partition coefficient (Wildman–Crippen LogP) is 5.19. The largest absolute Gasteiger partial charge is 0.147 e. The topological polar surface area (TPSA) is 25.8 Å². The van der Waals surface area contributed by atoms with Gasteiger partial charge in [-0.15, -0.1) is 21.8 Å². The van der Waals surface area contributed by atoms with Crippen LogP contribution < -0.4 is 0 Å². The van der Waals surface area contributed by atoms with Crippen LogP contribution in [0.1, 0.15) is 15.9 Å². The molecule has 1 unspecified atom stereocenters. The molecule has 2 aromatic carbocycles. The summed E-state index contributed by atoms with van der Waals surface area (Å²) < 4.78 is 0. The first-order valence-corrected chi connectivity index (χ1v) is 7.65. The van der Waals surface area contributed by atoms with Gasteiger partial charge >= 0.3 is 0 Å². The number of benzene rings is 2. The lowest BCUT2D eigenvalue weighted by molar-refractivity contribution is 0.988. The van der Waals surface area contributed by atoms with Crippen molar-refractivity contribution in [1.29, 1.82) is 0 Å². The molecule has 2 nitrogen and oxygen atoms in total. The summed E-state index contributed by atoms with van der Waals surface area (Å²) >= 11 is 13.9. The minimum absolute atomic E-state index is 0.276. The van der Waals surface area contributed by atoms with Crippen molar-refractivity contribution in [3.05, 3.63) is 70.2 Å². The van der Waals surface area contributed by atoms with Crippen molar-refractivity contribution in [2.24, 2.45) is 0 Å². The Hall–Kier alpha value is -1.42. The summed E-state index contributed by atoms with van der Waals surface area (Å²) in [6.07, 6.45) is 0. The van der Waals surface area contributed by atoms with Crippen LogP contribution in [0.5, 0.6) is 0 Å². The van der Waals surface area contributed by atoms with E-state index in [1.165, 1.54) is 11.3 Å². The first kappa shape index (κ1) is 13.6. The first-order valence-electron chi connectivity index (χ1n) is 6.02. The molecule has 0 spiro atoms. The molecule has 0 fully saturated rings. The Morgan fingerprint density at radius 3 is 2.50 bits per heavy atom. The number of aromatic nitrogens is 2. The average Bonchev–Trinajstić information content (AvgIpc) is 2.97. The van der Waals surface area contributed by atoms with Crippen LogP contribution in [0.3, 0.4) is 0 Å². The lowest BCUT2D eigenvalue weighted by atomic mass is 10.1. The van der Waals surface area contributed by atoms with E-state index in [0.717, 1.165) is 21.1 Å². The van der Waals surface area contributed by atoms with Crippen molar-refractivity contribution in [3.8, 4) is 10.6 Å². The maximum atomic E-state index is 6.45. The lowest BCUT2D eigenvalue weighted by Crippen LogP contribution is -1.91. The molecule has 1 heterocycles. The highest BCUT2D eigenvalue weighted by molar-refractivity contribution is 7.15. The second-order valence-corrected chi connectivity index (χ2v) is 6.11. The Bertz CT molecular complexity index is 713. The normalized spacial score (nSPS) is 12.3. The fourth-order valence-corrected chi connectivity index (χ4v) is 3.20. The smallest absolute Gasteiger partial charge is 0.141 e. The molecule has 0 aliphatic heterocycles. The van der Waals surface area contributed by atoms with Crippen LogP contribution in [-0.4, -0.2) is 10.2 Å². The van der Waals surface area contributed by atoms with Gasteiger partial charge in [-0.3, -0.25) is 0 Å². The fraction of sp³-hybridized carbons (Fsp3) is 0.0667. The van der Waals surface area contributed by atoms with E-state index in [4.69, 9.17) is 23.2 Å². The molecule has 1 aromatic heterocycles. The standard InChI is InChI=1S/C15H10Cl2N2S/c16-12-8-4-7-11(9-12)14-18-19-15(20-14)13(17)10-5-2-1-3-6-10/h1-9,13H. The van der Waals surface area contributed by atoms with Gasteiger partial charge in [0.25, 0.3) is 0 Å². The Morgan fingerprint density at radius 2 is 1.75 bits per heavy atom. The van der Waals surface area contributed by atoms with Crippen molar-refractivity contribution in [2.75, 3.05) is 0 Å². The van der Waals surface area contributed by atoms with Crippen molar-refractivity contribution >= 4 is 34.5 Å². The van der Waals surface area contributed by atoms with Crippen LogP contribution in [0.2, 0.25) is 5.02 Å². The zero-order valence-corrected chi connectivity index (χ0v) is 12.7. The fourth-order valence-electron chi connectivity index (χ4n) is 1.84. The van der Waals surface area contributed by atoms with Gasteiger partial charge in [0.15, 0.2) is 0 Å². The van der Waals surface area contributed by atoms with E-state index >= 15 is 0 Å². The number of hydrogen-bond acceptors (Lipinski definition) is 3. The summed E-state index contributed by atoms with van der Waals surface area (Å²) in [4.78, 5) is 0. The molecule has 5 heteroatoms. The molecule has 0 aliphatic carbocycles. The first-order chi connectivity index (χ1) is 9.74. The highest BCUT2D eigenvalue weighted by Gasteiger charge is 2.16. The summed E-state index contributed by atoms with van der Waals surface area (Å²) in [5.41, 5.74) is 1.97. The highest BCUT2D eigenvalue weighted by Crippen LogP contribution is 2.34. The minimum Gasteiger partial charge on any atom is -0.141 e. The molecular formula is C15H10Cl2N2S. The van der Waals surface area contributed by atoms with Gasteiger partial charge in [0, 0.05) is 10.6 Å². The summed E-state index contributed by atoms with van der Waals surface area (Å²) in [6.45, 7) is 0. The van der Waals surface area contributed by atoms with Gasteiger partial charge in [-0.2, -0.15) is 0 Å². The maximum absolute atomic E-state index is 6.45. The zero-order chi connectivity index (χ0) is 13.9. The second-order valence-electron chi connectivity index (χ2n) is 4.23. The minimum atomic E-state index is -0.276. The molecule has 3 aromatic rings. The van der Waals surface area contributed by atoms with Crippen molar-refractivity contribution in [2.45, 2.75) is 5.38 Å². The van der Waals surface area contributed by atoms with Gasteiger partial charge in [0.2, 0.25) is 0 Å². The predicted molar refractivity (Wildman–Crippen MR) is 84.5 cm³/mol. The zero-order valence-electron chi connectivity index (χ0n) is 10.3. The number of halogens is 2. The van der Waals surface area contributed by atoms with E-state index in [1.807, 2.05) is 54.6 Å². The molecule has 0 radical (unpaired) electrons. The third kappa shape index (κ3) is 2.85. The SMILES string of the molecule is Clc1cccc(-c2nnc(C(Cl)c3ccccc3)s2)c1. The monoisotopic (exact) mass is 320 g/mol. The third-order valence-corrected chi connectivity index (χ3v) is 4.68. The highest BCUT2D eigenvalue weighted by atomic mass is 35.5.